The lowest BCUT2D eigenvalue weighted by molar-refractivity contribution is 0.684. The minimum absolute atomic E-state index is 0.168. The molecule has 0 spiro atoms. The van der Waals surface area contributed by atoms with Crippen LogP contribution in [0.4, 0.5) is 0 Å². The van der Waals surface area contributed by atoms with Crippen LogP contribution in [0.1, 0.15) is 0 Å². The number of fused-ring (bicyclic) bond motifs is 1. The van der Waals surface area contributed by atoms with Crippen LogP contribution in [0.3, 0.4) is 0 Å². The van der Waals surface area contributed by atoms with Crippen molar-refractivity contribution in [2.45, 2.75) is 11.7 Å². The molecule has 106 valence electrons. The van der Waals surface area contributed by atoms with Crippen molar-refractivity contribution in [3.8, 4) is 11.4 Å². The number of H-pyrrole nitrogens is 1. The average Bonchev–Trinajstić information content (AvgIpc) is 2.84. The normalized spacial score (nSPS) is 10.9. The van der Waals surface area contributed by atoms with Gasteiger partial charge in [-0.25, -0.2) is 14.6 Å². The molecule has 0 aliphatic carbocycles. The van der Waals surface area contributed by atoms with E-state index in [0.29, 0.717) is 34.1 Å². The molecule has 0 atom stereocenters. The highest BCUT2D eigenvalue weighted by Gasteiger charge is 2.17. The molecule has 0 aliphatic heterocycles. The number of aromatic nitrogens is 5. The van der Waals surface area contributed by atoms with Gasteiger partial charge in [-0.3, -0.25) is 14.9 Å². The van der Waals surface area contributed by atoms with E-state index in [2.05, 4.69) is 26.6 Å². The SMILES string of the molecule is C=CCn1[nH]c2nc(SC)nc(-c3ccccn3)c2c1=O. The number of nitrogens with one attached hydrogen (secondary N) is 1. The van der Waals surface area contributed by atoms with Crippen LogP contribution >= 0.6 is 11.8 Å². The molecule has 3 aromatic rings. The Morgan fingerprint density at radius 2 is 2.29 bits per heavy atom. The number of thioether (sulfide) groups is 1. The Morgan fingerprint density at radius 3 is 2.95 bits per heavy atom. The Kier molecular flexibility index (Phi) is 3.57. The minimum Gasteiger partial charge on any atom is -0.278 e. The fraction of sp³-hybridized carbons (Fsp3) is 0.143. The summed E-state index contributed by atoms with van der Waals surface area (Å²) in [6.07, 6.45) is 5.22. The first-order chi connectivity index (χ1) is 10.2. The van der Waals surface area contributed by atoms with Gasteiger partial charge in [-0.1, -0.05) is 23.9 Å². The molecule has 0 bridgehead atoms. The summed E-state index contributed by atoms with van der Waals surface area (Å²) in [6, 6.07) is 5.52. The Balaban J connectivity index is 2.36. The number of pyridine rings is 1. The van der Waals surface area contributed by atoms with Crippen molar-refractivity contribution >= 4 is 22.8 Å². The largest absolute Gasteiger partial charge is 0.278 e. The Labute approximate surface area is 124 Å². The number of hydrogen-bond acceptors (Lipinski definition) is 5. The zero-order valence-corrected chi connectivity index (χ0v) is 12.2. The zero-order chi connectivity index (χ0) is 14.8. The van der Waals surface area contributed by atoms with E-state index >= 15 is 0 Å². The third-order valence-corrected chi connectivity index (χ3v) is 3.54. The molecule has 7 heteroatoms. The van der Waals surface area contributed by atoms with E-state index in [-0.39, 0.29) is 5.56 Å². The molecular formula is C14H13N5OS. The van der Waals surface area contributed by atoms with Gasteiger partial charge in [0.1, 0.15) is 11.1 Å². The lowest BCUT2D eigenvalue weighted by atomic mass is 10.2. The predicted octanol–water partition coefficient (Wildman–Crippen LogP) is 2.09. The van der Waals surface area contributed by atoms with Crippen LogP contribution in [0, 0.1) is 0 Å². The van der Waals surface area contributed by atoms with Crippen molar-refractivity contribution in [3.05, 3.63) is 47.4 Å². The summed E-state index contributed by atoms with van der Waals surface area (Å²) in [6.45, 7) is 4.04. The lowest BCUT2D eigenvalue weighted by Crippen LogP contribution is -2.15. The highest BCUT2D eigenvalue weighted by atomic mass is 32.2. The van der Waals surface area contributed by atoms with Gasteiger partial charge in [0, 0.05) is 6.20 Å². The van der Waals surface area contributed by atoms with Crippen LogP contribution in [0.2, 0.25) is 0 Å². The highest BCUT2D eigenvalue weighted by molar-refractivity contribution is 7.98. The average molecular weight is 299 g/mol. The molecule has 0 aromatic carbocycles. The molecule has 3 aromatic heterocycles. The fourth-order valence-corrected chi connectivity index (χ4v) is 2.44. The number of hydrogen-bond donors (Lipinski definition) is 1. The lowest BCUT2D eigenvalue weighted by Gasteiger charge is -2.02. The molecule has 0 radical (unpaired) electrons. The van der Waals surface area contributed by atoms with Gasteiger partial charge in [0.05, 0.1) is 12.2 Å². The fourth-order valence-electron chi connectivity index (χ4n) is 2.07. The van der Waals surface area contributed by atoms with Gasteiger partial charge < -0.3 is 0 Å². The van der Waals surface area contributed by atoms with Gasteiger partial charge in [-0.2, -0.15) is 0 Å². The van der Waals surface area contributed by atoms with Crippen molar-refractivity contribution < 1.29 is 0 Å². The third-order valence-electron chi connectivity index (χ3n) is 2.99. The molecule has 1 N–H and O–H groups in total. The predicted molar refractivity (Wildman–Crippen MR) is 83.4 cm³/mol. The van der Waals surface area contributed by atoms with Crippen molar-refractivity contribution in [2.24, 2.45) is 0 Å². The van der Waals surface area contributed by atoms with Crippen LogP contribution < -0.4 is 5.56 Å². The Bertz CT molecular complexity index is 853. The number of rotatable bonds is 4. The summed E-state index contributed by atoms with van der Waals surface area (Å²) >= 11 is 1.42. The second-order valence-corrected chi connectivity index (χ2v) is 5.09. The summed E-state index contributed by atoms with van der Waals surface area (Å²) < 4.78 is 1.46. The second kappa shape index (κ2) is 5.53. The van der Waals surface area contributed by atoms with Gasteiger partial charge in [0.25, 0.3) is 5.56 Å². The molecule has 3 rings (SSSR count). The Morgan fingerprint density at radius 1 is 1.43 bits per heavy atom. The van der Waals surface area contributed by atoms with Gasteiger partial charge >= 0.3 is 0 Å². The minimum atomic E-state index is -0.168. The van der Waals surface area contributed by atoms with Crippen molar-refractivity contribution in [1.82, 2.24) is 24.7 Å². The maximum atomic E-state index is 12.5. The van der Waals surface area contributed by atoms with E-state index in [1.165, 1.54) is 16.4 Å². The Hall–Kier alpha value is -2.41. The number of aromatic amines is 1. The molecule has 0 saturated heterocycles. The highest BCUT2D eigenvalue weighted by Crippen LogP contribution is 2.23. The van der Waals surface area contributed by atoms with Gasteiger partial charge in [-0.15, -0.1) is 6.58 Å². The van der Waals surface area contributed by atoms with E-state index < -0.39 is 0 Å². The summed E-state index contributed by atoms with van der Waals surface area (Å²) in [5.74, 6) is 0. The van der Waals surface area contributed by atoms with Crippen LogP contribution in [0.25, 0.3) is 22.4 Å². The van der Waals surface area contributed by atoms with Crippen LogP contribution in [-0.2, 0) is 6.54 Å². The molecule has 0 amide bonds. The maximum absolute atomic E-state index is 12.5. The van der Waals surface area contributed by atoms with E-state index in [9.17, 15) is 4.79 Å². The van der Waals surface area contributed by atoms with E-state index in [0.717, 1.165) is 0 Å². The number of nitrogens with zero attached hydrogens (tertiary/aromatic N) is 4. The summed E-state index contributed by atoms with van der Waals surface area (Å²) in [5.41, 5.74) is 1.55. The van der Waals surface area contributed by atoms with E-state index in [1.807, 2.05) is 24.5 Å². The first-order valence-corrected chi connectivity index (χ1v) is 7.54. The summed E-state index contributed by atoms with van der Waals surface area (Å²) in [5, 5.41) is 4.04. The zero-order valence-electron chi connectivity index (χ0n) is 11.4. The summed E-state index contributed by atoms with van der Waals surface area (Å²) in [7, 11) is 0. The standard InChI is InChI=1S/C14H13N5OS/c1-3-8-19-13(20)10-11(9-6-4-5-7-15-9)16-14(21-2)17-12(10)18-19/h3-7H,1,8H2,2H3,(H,16,17,18). The van der Waals surface area contributed by atoms with Gasteiger partial charge in [0.15, 0.2) is 10.8 Å². The smallest absolute Gasteiger partial charge is 0.278 e. The molecule has 6 nitrogen and oxygen atoms in total. The van der Waals surface area contributed by atoms with Crippen LogP contribution in [0.5, 0.6) is 0 Å². The topological polar surface area (TPSA) is 76.5 Å². The quantitative estimate of drug-likeness (QED) is 0.453. The van der Waals surface area contributed by atoms with Gasteiger partial charge in [-0.05, 0) is 18.4 Å². The van der Waals surface area contributed by atoms with Crippen molar-refractivity contribution in [2.75, 3.05) is 6.26 Å². The summed E-state index contributed by atoms with van der Waals surface area (Å²) in [4.78, 5) is 25.6. The molecule has 0 fully saturated rings. The van der Waals surface area contributed by atoms with E-state index in [4.69, 9.17) is 0 Å². The monoisotopic (exact) mass is 299 g/mol. The third kappa shape index (κ3) is 2.36. The molecule has 3 heterocycles. The molecule has 0 unspecified atom stereocenters. The van der Waals surface area contributed by atoms with Crippen molar-refractivity contribution in [1.29, 1.82) is 0 Å². The van der Waals surface area contributed by atoms with Gasteiger partial charge in [0.2, 0.25) is 0 Å². The van der Waals surface area contributed by atoms with E-state index in [1.54, 1.807) is 12.3 Å². The molecule has 21 heavy (non-hydrogen) atoms. The molecule has 0 saturated carbocycles. The first kappa shape index (κ1) is 13.6. The van der Waals surface area contributed by atoms with Crippen molar-refractivity contribution in [3.63, 3.8) is 0 Å². The maximum Gasteiger partial charge on any atom is 0.278 e. The second-order valence-electron chi connectivity index (χ2n) is 4.31. The number of allylic oxidation sites excluding steroid dienone is 1. The molecule has 0 aliphatic rings. The first-order valence-electron chi connectivity index (χ1n) is 6.31. The van der Waals surface area contributed by atoms with Crippen LogP contribution in [0.15, 0.2) is 47.0 Å². The molecular weight excluding hydrogens is 286 g/mol. The van der Waals surface area contributed by atoms with Crippen LogP contribution in [-0.4, -0.2) is 31.0 Å².